The van der Waals surface area contributed by atoms with Crippen molar-refractivity contribution in [3.05, 3.63) is 29.6 Å². The molecule has 1 saturated heterocycles. The normalized spacial score (nSPS) is 21.6. The zero-order valence-corrected chi connectivity index (χ0v) is 13.2. The van der Waals surface area contributed by atoms with Gasteiger partial charge in [0.1, 0.15) is 11.6 Å². The molecule has 2 aliphatic rings. The van der Waals surface area contributed by atoms with Crippen molar-refractivity contribution in [2.24, 2.45) is 11.8 Å². The van der Waals surface area contributed by atoms with Crippen LogP contribution in [0.1, 0.15) is 18.4 Å². The number of benzene rings is 1. The first-order chi connectivity index (χ1) is 11.5. The Morgan fingerprint density at radius 2 is 2.08 bits per heavy atom. The van der Waals surface area contributed by atoms with Crippen LogP contribution in [0.4, 0.5) is 4.39 Å². The van der Waals surface area contributed by atoms with E-state index in [1.807, 2.05) is 0 Å². The predicted octanol–water partition coefficient (Wildman–Crippen LogP) is 1.37. The largest absolute Gasteiger partial charge is 0.481 e. The highest BCUT2D eigenvalue weighted by Crippen LogP contribution is 2.29. The highest BCUT2D eigenvalue weighted by molar-refractivity contribution is 5.83. The molecule has 2 atom stereocenters. The number of carboxylic acid groups (broad SMARTS) is 1. The number of ether oxygens (including phenoxy) is 2. The first kappa shape index (κ1) is 16.7. The molecule has 2 unspecified atom stereocenters. The van der Waals surface area contributed by atoms with Crippen LogP contribution in [0, 0.1) is 17.7 Å². The number of amides is 1. The minimum atomic E-state index is -0.917. The molecular formula is C17H20FNO5. The average molecular weight is 337 g/mol. The summed E-state index contributed by atoms with van der Waals surface area (Å²) in [5, 5.41) is 12.1. The van der Waals surface area contributed by atoms with Gasteiger partial charge >= 0.3 is 5.97 Å². The summed E-state index contributed by atoms with van der Waals surface area (Å²) >= 11 is 0. The van der Waals surface area contributed by atoms with Gasteiger partial charge in [0.05, 0.1) is 5.92 Å². The van der Waals surface area contributed by atoms with E-state index in [-0.39, 0.29) is 30.6 Å². The van der Waals surface area contributed by atoms with Crippen molar-refractivity contribution in [2.45, 2.75) is 25.4 Å². The second-order valence-corrected chi connectivity index (χ2v) is 6.20. The van der Waals surface area contributed by atoms with Crippen LogP contribution in [0.2, 0.25) is 0 Å². The van der Waals surface area contributed by atoms with Gasteiger partial charge in [-0.05, 0) is 37.0 Å². The molecule has 1 fully saturated rings. The van der Waals surface area contributed by atoms with Crippen molar-refractivity contribution in [1.82, 2.24) is 5.32 Å². The summed E-state index contributed by atoms with van der Waals surface area (Å²) in [5.74, 6) is -1.81. The molecule has 0 bridgehead atoms. The first-order valence-electron chi connectivity index (χ1n) is 8.08. The zero-order valence-electron chi connectivity index (χ0n) is 13.2. The van der Waals surface area contributed by atoms with Gasteiger partial charge in [-0.1, -0.05) is 0 Å². The van der Waals surface area contributed by atoms with Gasteiger partial charge < -0.3 is 19.9 Å². The smallest absolute Gasteiger partial charge is 0.308 e. The van der Waals surface area contributed by atoms with Crippen molar-refractivity contribution in [3.8, 4) is 5.75 Å². The van der Waals surface area contributed by atoms with E-state index in [0.717, 1.165) is 0 Å². The molecule has 0 aromatic heterocycles. The zero-order chi connectivity index (χ0) is 17.1. The van der Waals surface area contributed by atoms with Crippen molar-refractivity contribution in [2.75, 3.05) is 19.8 Å². The monoisotopic (exact) mass is 337 g/mol. The molecule has 1 aromatic rings. The molecule has 2 aliphatic heterocycles. The number of rotatable bonds is 5. The number of aliphatic carboxylic acids is 1. The number of halogens is 1. The molecule has 24 heavy (non-hydrogen) atoms. The van der Waals surface area contributed by atoms with Crippen LogP contribution in [0.3, 0.4) is 0 Å². The molecule has 0 radical (unpaired) electrons. The second kappa shape index (κ2) is 7.17. The summed E-state index contributed by atoms with van der Waals surface area (Å²) in [6.07, 6.45) is 0.897. The van der Waals surface area contributed by atoms with E-state index in [9.17, 15) is 19.1 Å². The van der Waals surface area contributed by atoms with Crippen LogP contribution in [-0.4, -0.2) is 42.8 Å². The number of nitrogens with one attached hydrogen (secondary N) is 1. The summed E-state index contributed by atoms with van der Waals surface area (Å²) in [6, 6.07) is 4.13. The van der Waals surface area contributed by atoms with Crippen molar-refractivity contribution < 1.29 is 28.6 Å². The van der Waals surface area contributed by atoms with Crippen molar-refractivity contribution in [1.29, 1.82) is 0 Å². The molecular weight excluding hydrogens is 317 g/mol. The topological polar surface area (TPSA) is 84.9 Å². The lowest BCUT2D eigenvalue weighted by Crippen LogP contribution is -2.43. The van der Waals surface area contributed by atoms with Crippen molar-refractivity contribution in [3.63, 3.8) is 0 Å². The van der Waals surface area contributed by atoms with Gasteiger partial charge in [-0.25, -0.2) is 4.39 Å². The molecule has 6 nitrogen and oxygen atoms in total. The molecule has 0 spiro atoms. The summed E-state index contributed by atoms with van der Waals surface area (Å²) in [7, 11) is 0. The Labute approximate surface area is 138 Å². The van der Waals surface area contributed by atoms with Gasteiger partial charge in [-0.2, -0.15) is 0 Å². The number of carboxylic acids is 1. The number of carbonyl (C=O) groups is 2. The summed E-state index contributed by atoms with van der Waals surface area (Å²) in [6.45, 7) is 1.16. The highest BCUT2D eigenvalue weighted by Gasteiger charge is 2.33. The molecule has 1 aromatic carbocycles. The van der Waals surface area contributed by atoms with E-state index in [1.165, 1.54) is 18.2 Å². The maximum absolute atomic E-state index is 13.2. The van der Waals surface area contributed by atoms with Crippen LogP contribution < -0.4 is 10.1 Å². The predicted molar refractivity (Wildman–Crippen MR) is 82.2 cm³/mol. The van der Waals surface area contributed by atoms with Crippen LogP contribution in [0.5, 0.6) is 5.75 Å². The van der Waals surface area contributed by atoms with E-state index in [2.05, 4.69) is 5.32 Å². The Balaban J connectivity index is 1.56. The lowest BCUT2D eigenvalue weighted by Gasteiger charge is -2.28. The summed E-state index contributed by atoms with van der Waals surface area (Å²) < 4.78 is 24.0. The third-order valence-corrected chi connectivity index (χ3v) is 4.64. The minimum absolute atomic E-state index is 0.00709. The standard InChI is InChI=1S/C17H20FNO5/c18-12-1-2-14-11(7-12)8-15(24-14)16(20)19-9-13(17(21)22)10-3-5-23-6-4-10/h1-2,7,10,13,15H,3-6,8-9H2,(H,19,20)(H,21,22). The Morgan fingerprint density at radius 3 is 2.79 bits per heavy atom. The maximum atomic E-state index is 13.2. The number of hydrogen-bond acceptors (Lipinski definition) is 4. The third kappa shape index (κ3) is 3.67. The Hall–Kier alpha value is -2.15. The van der Waals surface area contributed by atoms with E-state index in [4.69, 9.17) is 9.47 Å². The summed E-state index contributed by atoms with van der Waals surface area (Å²) in [5.41, 5.74) is 0.648. The molecule has 0 aliphatic carbocycles. The van der Waals surface area contributed by atoms with Crippen molar-refractivity contribution >= 4 is 11.9 Å². The van der Waals surface area contributed by atoms with E-state index in [1.54, 1.807) is 0 Å². The quantitative estimate of drug-likeness (QED) is 0.848. The van der Waals surface area contributed by atoms with Gasteiger partial charge in [-0.15, -0.1) is 0 Å². The van der Waals surface area contributed by atoms with Crippen LogP contribution >= 0.6 is 0 Å². The molecule has 2 N–H and O–H groups in total. The lowest BCUT2D eigenvalue weighted by molar-refractivity contribution is -0.145. The number of carbonyl (C=O) groups excluding carboxylic acids is 1. The van der Waals surface area contributed by atoms with Gasteiger partial charge in [0.25, 0.3) is 5.91 Å². The molecule has 7 heteroatoms. The van der Waals surface area contributed by atoms with E-state index < -0.39 is 18.0 Å². The molecule has 2 heterocycles. The van der Waals surface area contributed by atoms with Gasteiger partial charge in [-0.3, -0.25) is 9.59 Å². The van der Waals surface area contributed by atoms with E-state index >= 15 is 0 Å². The molecule has 0 saturated carbocycles. The number of hydrogen-bond donors (Lipinski definition) is 2. The average Bonchev–Trinajstić information content (AvgIpc) is 2.98. The van der Waals surface area contributed by atoms with Crippen LogP contribution in [0.25, 0.3) is 0 Å². The fraction of sp³-hybridized carbons (Fsp3) is 0.529. The number of fused-ring (bicyclic) bond motifs is 1. The maximum Gasteiger partial charge on any atom is 0.308 e. The highest BCUT2D eigenvalue weighted by atomic mass is 19.1. The summed E-state index contributed by atoms with van der Waals surface area (Å²) in [4.78, 5) is 23.7. The Kier molecular flexibility index (Phi) is 4.99. The van der Waals surface area contributed by atoms with E-state index in [0.29, 0.717) is 37.4 Å². The molecule has 1 amide bonds. The SMILES string of the molecule is O=C(NCC(C(=O)O)C1CCOCC1)C1Cc2cc(F)ccc2O1. The second-order valence-electron chi connectivity index (χ2n) is 6.20. The Morgan fingerprint density at radius 1 is 1.33 bits per heavy atom. The first-order valence-corrected chi connectivity index (χ1v) is 8.08. The minimum Gasteiger partial charge on any atom is -0.481 e. The van der Waals surface area contributed by atoms with Gasteiger partial charge in [0.15, 0.2) is 6.10 Å². The fourth-order valence-electron chi connectivity index (χ4n) is 3.26. The van der Waals surface area contributed by atoms with Gasteiger partial charge in [0, 0.05) is 31.7 Å². The molecule has 3 rings (SSSR count). The Bertz CT molecular complexity index is 629. The van der Waals surface area contributed by atoms with Crippen LogP contribution in [0.15, 0.2) is 18.2 Å². The lowest BCUT2D eigenvalue weighted by atomic mass is 9.86. The van der Waals surface area contributed by atoms with Gasteiger partial charge in [0.2, 0.25) is 0 Å². The fourth-order valence-corrected chi connectivity index (χ4v) is 3.26. The van der Waals surface area contributed by atoms with Crippen LogP contribution in [-0.2, 0) is 20.7 Å². The third-order valence-electron chi connectivity index (χ3n) is 4.64. The molecule has 130 valence electrons.